The van der Waals surface area contributed by atoms with Gasteiger partial charge in [0.05, 0.1) is 0 Å². The number of hydrogen-bond acceptors (Lipinski definition) is 6. The Hall–Kier alpha value is -1.71. The van der Waals surface area contributed by atoms with Gasteiger partial charge >= 0.3 is 156 Å². The van der Waals surface area contributed by atoms with Gasteiger partial charge in [-0.25, -0.2) is 0 Å². The van der Waals surface area contributed by atoms with Crippen LogP contribution in [-0.2, 0) is 25.5 Å². The van der Waals surface area contributed by atoms with E-state index in [1.807, 2.05) is 67.7 Å². The maximum absolute atomic E-state index is 13.2. The van der Waals surface area contributed by atoms with E-state index in [0.29, 0.717) is 24.3 Å². The predicted molar refractivity (Wildman–Crippen MR) is 96.0 cm³/mol. The van der Waals surface area contributed by atoms with E-state index in [1.54, 1.807) is 0 Å². The Balaban J connectivity index is 1.77. The number of benzene rings is 2. The van der Waals surface area contributed by atoms with Crippen molar-refractivity contribution in [3.63, 3.8) is 0 Å². The van der Waals surface area contributed by atoms with E-state index in [9.17, 15) is 4.79 Å². The molecule has 1 spiro atoms. The fourth-order valence-corrected chi connectivity index (χ4v) is 7.65. The van der Waals surface area contributed by atoms with Crippen molar-refractivity contribution in [1.82, 2.24) is 4.90 Å². The third-order valence-electron chi connectivity index (χ3n) is 4.65. The summed E-state index contributed by atoms with van der Waals surface area (Å²) in [5.41, 5.74) is 0.0725. The van der Waals surface area contributed by atoms with Crippen LogP contribution in [0.5, 0.6) is 0 Å². The summed E-state index contributed by atoms with van der Waals surface area (Å²) in [6.07, 6.45) is 0. The molecule has 4 rings (SSSR count). The molecule has 0 aliphatic carbocycles. The van der Waals surface area contributed by atoms with E-state index in [1.165, 1.54) is 0 Å². The van der Waals surface area contributed by atoms with Crippen molar-refractivity contribution < 1.29 is 19.8 Å². The van der Waals surface area contributed by atoms with Crippen molar-refractivity contribution in [3.8, 4) is 0 Å². The first kappa shape index (κ1) is 17.7. The molecule has 0 radical (unpaired) electrons. The quantitative estimate of drug-likeness (QED) is 0.698. The van der Waals surface area contributed by atoms with Crippen molar-refractivity contribution in [2.45, 2.75) is 5.60 Å². The molecule has 2 heterocycles. The SMILES string of the molecule is CN1CC[O][Ge]2([O]CC1)[O]C(=O)C(c1ccccc1)(c1ccccc1)[O]2. The molecular formula is C19H21GeNO5. The van der Waals surface area contributed by atoms with Crippen LogP contribution in [0.2, 0.25) is 0 Å². The van der Waals surface area contributed by atoms with Crippen LogP contribution in [0.25, 0.3) is 0 Å². The van der Waals surface area contributed by atoms with Gasteiger partial charge in [0.2, 0.25) is 0 Å². The molecule has 2 saturated heterocycles. The normalized spacial score (nSPS) is 22.6. The second-order valence-electron chi connectivity index (χ2n) is 6.41. The molecule has 26 heavy (non-hydrogen) atoms. The van der Waals surface area contributed by atoms with E-state index in [2.05, 4.69) is 4.90 Å². The van der Waals surface area contributed by atoms with Gasteiger partial charge in [0, 0.05) is 0 Å². The molecule has 2 aromatic rings. The topological polar surface area (TPSA) is 57.2 Å². The van der Waals surface area contributed by atoms with Crippen LogP contribution in [0.3, 0.4) is 0 Å². The molecule has 2 aliphatic heterocycles. The van der Waals surface area contributed by atoms with Crippen LogP contribution >= 0.6 is 0 Å². The molecule has 136 valence electrons. The molecule has 2 aliphatic rings. The average molecular weight is 416 g/mol. The predicted octanol–water partition coefficient (Wildman–Crippen LogP) is 1.92. The number of nitrogens with zero attached hydrogens (tertiary/aromatic N) is 1. The monoisotopic (exact) mass is 417 g/mol. The van der Waals surface area contributed by atoms with Crippen LogP contribution in [0.4, 0.5) is 0 Å². The van der Waals surface area contributed by atoms with Gasteiger partial charge in [-0.3, -0.25) is 0 Å². The molecule has 7 heteroatoms. The summed E-state index contributed by atoms with van der Waals surface area (Å²) in [5.74, 6) is -0.469. The van der Waals surface area contributed by atoms with Crippen LogP contribution in [-0.4, -0.2) is 58.8 Å². The second kappa shape index (κ2) is 7.13. The molecule has 2 fully saturated rings. The van der Waals surface area contributed by atoms with Gasteiger partial charge in [-0.1, -0.05) is 0 Å². The minimum atomic E-state index is -4.18. The molecule has 0 saturated carbocycles. The van der Waals surface area contributed by atoms with Crippen molar-refractivity contribution in [2.24, 2.45) is 0 Å². The molecule has 0 atom stereocenters. The molecule has 0 unspecified atom stereocenters. The third-order valence-corrected chi connectivity index (χ3v) is 9.07. The van der Waals surface area contributed by atoms with E-state index in [4.69, 9.17) is 15.1 Å². The summed E-state index contributed by atoms with van der Waals surface area (Å²) in [7, 11) is 2.00. The first-order valence-corrected chi connectivity index (χ1v) is 12.1. The van der Waals surface area contributed by atoms with Gasteiger partial charge in [-0.2, -0.15) is 0 Å². The number of hydrogen-bond donors (Lipinski definition) is 0. The van der Waals surface area contributed by atoms with E-state index in [-0.39, 0.29) is 0 Å². The molecular weight excluding hydrogens is 395 g/mol. The first-order valence-electron chi connectivity index (χ1n) is 8.66. The number of carbonyl (C=O) groups is 1. The van der Waals surface area contributed by atoms with Gasteiger partial charge in [-0.05, 0) is 0 Å². The van der Waals surface area contributed by atoms with Crippen LogP contribution < -0.4 is 0 Å². The molecule has 0 amide bonds. The van der Waals surface area contributed by atoms with E-state index in [0.717, 1.165) is 13.1 Å². The summed E-state index contributed by atoms with van der Waals surface area (Å²) in [4.78, 5) is 15.3. The molecule has 6 nitrogen and oxygen atoms in total. The summed E-state index contributed by atoms with van der Waals surface area (Å²) in [6, 6.07) is 18.8. The van der Waals surface area contributed by atoms with Gasteiger partial charge < -0.3 is 0 Å². The Labute approximate surface area is 156 Å². The zero-order chi connectivity index (χ0) is 18.0. The van der Waals surface area contributed by atoms with Crippen molar-refractivity contribution in [1.29, 1.82) is 0 Å². The Morgan fingerprint density at radius 3 is 1.88 bits per heavy atom. The minimum absolute atomic E-state index is 0.406. The Morgan fingerprint density at radius 1 is 0.885 bits per heavy atom. The number of carbonyl (C=O) groups excluding carboxylic acids is 1. The fraction of sp³-hybridized carbons (Fsp3) is 0.316. The molecule has 0 N–H and O–H groups in total. The first-order chi connectivity index (χ1) is 12.6. The maximum atomic E-state index is 13.2. The van der Waals surface area contributed by atoms with Crippen LogP contribution in [0, 0.1) is 0 Å². The van der Waals surface area contributed by atoms with Crippen molar-refractivity contribution in [2.75, 3.05) is 33.4 Å². The molecule has 2 aromatic carbocycles. The average Bonchev–Trinajstić information content (AvgIpc) is 2.96. The second-order valence-corrected chi connectivity index (χ2v) is 10.6. The zero-order valence-corrected chi connectivity index (χ0v) is 16.7. The standard InChI is InChI=1S/C19H21GeNO5/c1-21-12-14-23-20(24-15-13-21)25-18(22)19(26-20,16-8-4-2-5-9-16)17-10-6-3-7-11-17/h2-11H,12-15H2,1H3. The van der Waals surface area contributed by atoms with Crippen molar-refractivity contribution >= 4 is 20.6 Å². The summed E-state index contributed by atoms with van der Waals surface area (Å²) in [5, 5.41) is 0. The van der Waals surface area contributed by atoms with Gasteiger partial charge in [0.1, 0.15) is 0 Å². The number of likely N-dealkylation sites (N-methyl/N-ethyl adjacent to an activating group) is 1. The van der Waals surface area contributed by atoms with E-state index < -0.39 is 26.2 Å². The molecule has 0 bridgehead atoms. The fourth-order valence-electron chi connectivity index (χ4n) is 3.23. The Morgan fingerprint density at radius 2 is 1.38 bits per heavy atom. The summed E-state index contributed by atoms with van der Waals surface area (Å²) in [6.45, 7) is 2.29. The van der Waals surface area contributed by atoms with Crippen LogP contribution in [0.1, 0.15) is 11.1 Å². The number of rotatable bonds is 2. The third kappa shape index (κ3) is 3.08. The van der Waals surface area contributed by atoms with Crippen molar-refractivity contribution in [3.05, 3.63) is 71.8 Å². The Kier molecular flexibility index (Phi) is 4.85. The molecule has 0 aromatic heterocycles. The van der Waals surface area contributed by atoms with Gasteiger partial charge in [-0.15, -0.1) is 0 Å². The Bertz CT molecular complexity index is 721. The summed E-state index contributed by atoms with van der Waals surface area (Å²) >= 11 is -4.18. The van der Waals surface area contributed by atoms with Crippen LogP contribution in [0.15, 0.2) is 60.7 Å². The van der Waals surface area contributed by atoms with E-state index >= 15 is 0 Å². The zero-order valence-electron chi connectivity index (χ0n) is 14.6. The van der Waals surface area contributed by atoms with Gasteiger partial charge in [0.15, 0.2) is 0 Å². The summed E-state index contributed by atoms with van der Waals surface area (Å²) < 4.78 is 24.0. The van der Waals surface area contributed by atoms with Gasteiger partial charge in [0.25, 0.3) is 0 Å².